The highest BCUT2D eigenvalue weighted by atomic mass is 16.2. The molecule has 0 saturated carbocycles. The van der Waals surface area contributed by atoms with Crippen LogP contribution in [0.4, 0.5) is 0 Å². The third-order valence-electron chi connectivity index (χ3n) is 6.77. The Kier molecular flexibility index (Phi) is 7.14. The Morgan fingerprint density at radius 1 is 1.12 bits per heavy atom. The van der Waals surface area contributed by atoms with Crippen molar-refractivity contribution in [1.82, 2.24) is 29.9 Å². The van der Waals surface area contributed by atoms with E-state index in [0.29, 0.717) is 37.5 Å². The minimum atomic E-state index is -0.257. The number of rotatable bonds is 7. The summed E-state index contributed by atoms with van der Waals surface area (Å²) < 4.78 is 1.70. The maximum Gasteiger partial charge on any atom is 0.281 e. The van der Waals surface area contributed by atoms with Gasteiger partial charge in [-0.05, 0) is 35.8 Å². The molecule has 1 aliphatic rings. The van der Waals surface area contributed by atoms with E-state index < -0.39 is 0 Å². The minimum absolute atomic E-state index is 0.0952. The monoisotopic (exact) mass is 464 g/mol. The van der Waals surface area contributed by atoms with Crippen LogP contribution < -0.4 is 5.56 Å². The number of nitrogens with one attached hydrogen (secondary N) is 1. The van der Waals surface area contributed by atoms with Crippen LogP contribution in [-0.4, -0.2) is 48.9 Å². The van der Waals surface area contributed by atoms with Crippen LogP contribution in [0.2, 0.25) is 0 Å². The summed E-state index contributed by atoms with van der Waals surface area (Å²) >= 11 is 0. The number of unbranched alkanes of at least 4 members (excludes halogenated alkanes) is 2. The van der Waals surface area contributed by atoms with Crippen LogP contribution in [0.25, 0.3) is 11.2 Å². The quantitative estimate of drug-likeness (QED) is 0.530. The fourth-order valence-corrected chi connectivity index (χ4v) is 4.55. The van der Waals surface area contributed by atoms with E-state index in [4.69, 9.17) is 4.98 Å². The van der Waals surface area contributed by atoms with Gasteiger partial charge >= 0.3 is 0 Å². The molecule has 0 spiro atoms. The zero-order chi connectivity index (χ0) is 24.3. The zero-order valence-corrected chi connectivity index (χ0v) is 20.8. The minimum Gasteiger partial charge on any atom is -0.343 e. The van der Waals surface area contributed by atoms with Gasteiger partial charge < -0.3 is 9.88 Å². The predicted molar refractivity (Wildman–Crippen MR) is 133 cm³/mol. The van der Waals surface area contributed by atoms with Gasteiger partial charge in [0.15, 0.2) is 11.2 Å². The molecule has 1 amide bonds. The fraction of sp³-hybridized carbons (Fsp3) is 0.577. The lowest BCUT2D eigenvalue weighted by molar-refractivity contribution is -0.132. The Balaban J connectivity index is 1.48. The fourth-order valence-electron chi connectivity index (χ4n) is 4.55. The first-order chi connectivity index (χ1) is 16.3. The molecule has 0 aliphatic carbocycles. The highest BCUT2D eigenvalue weighted by Gasteiger charge is 2.26. The first kappa shape index (κ1) is 24.1. The molecule has 2 aromatic heterocycles. The van der Waals surface area contributed by atoms with Crippen molar-refractivity contribution >= 4 is 17.1 Å². The maximum absolute atomic E-state index is 12.7. The molecule has 8 heteroatoms. The maximum atomic E-state index is 12.7. The Hall–Kier alpha value is -3.03. The summed E-state index contributed by atoms with van der Waals surface area (Å²) in [6.45, 7) is 10.6. The summed E-state index contributed by atoms with van der Waals surface area (Å²) in [5.41, 5.74) is 2.96. The average Bonchev–Trinajstić information content (AvgIpc) is 3.22. The number of carbonyl (C=O) groups excluding carboxylic acids is 1. The summed E-state index contributed by atoms with van der Waals surface area (Å²) in [6, 6.07) is 8.46. The molecule has 4 rings (SSSR count). The molecule has 0 radical (unpaired) electrons. The smallest absolute Gasteiger partial charge is 0.281 e. The summed E-state index contributed by atoms with van der Waals surface area (Å²) in [5.74, 6) is 1.02. The number of amides is 1. The summed E-state index contributed by atoms with van der Waals surface area (Å²) in [7, 11) is 0. The second-order valence-electron chi connectivity index (χ2n) is 10.4. The number of carbonyl (C=O) groups is 1. The number of aromatic nitrogens is 5. The van der Waals surface area contributed by atoms with Crippen molar-refractivity contribution in [3.05, 3.63) is 51.6 Å². The van der Waals surface area contributed by atoms with Gasteiger partial charge in [0.1, 0.15) is 5.82 Å². The molecule has 182 valence electrons. The van der Waals surface area contributed by atoms with Gasteiger partial charge in [-0.1, -0.05) is 70.0 Å². The molecule has 34 heavy (non-hydrogen) atoms. The van der Waals surface area contributed by atoms with Gasteiger partial charge in [0.25, 0.3) is 5.56 Å². The van der Waals surface area contributed by atoms with Crippen molar-refractivity contribution in [1.29, 1.82) is 0 Å². The van der Waals surface area contributed by atoms with Crippen LogP contribution >= 0.6 is 0 Å². The van der Waals surface area contributed by atoms with E-state index in [-0.39, 0.29) is 28.3 Å². The molecule has 1 saturated heterocycles. The molecule has 8 nitrogen and oxygen atoms in total. The lowest BCUT2D eigenvalue weighted by atomic mass is 9.87. The summed E-state index contributed by atoms with van der Waals surface area (Å²) in [5, 5.41) is 8.29. The predicted octanol–water partition coefficient (Wildman–Crippen LogP) is 4.15. The number of H-pyrrole nitrogens is 1. The van der Waals surface area contributed by atoms with Gasteiger partial charge in [0.2, 0.25) is 5.91 Å². The molecule has 0 unspecified atom stereocenters. The second kappa shape index (κ2) is 10.1. The zero-order valence-electron chi connectivity index (χ0n) is 20.8. The standard InChI is InChI=1S/C26H36N6O2/c1-5-6-7-8-21(33)31-15-13-19(14-16-31)23-27-24-22(25(34)28-23)29-30-32(24)17-18-9-11-20(12-10-18)26(2,3)4/h9-12,19H,5-8,13-17H2,1-4H3,(H,27,28,34). The first-order valence-corrected chi connectivity index (χ1v) is 12.5. The third-order valence-corrected chi connectivity index (χ3v) is 6.77. The number of benzene rings is 1. The van der Waals surface area contributed by atoms with Gasteiger partial charge in [0, 0.05) is 25.4 Å². The van der Waals surface area contributed by atoms with Crippen molar-refractivity contribution in [2.45, 2.75) is 84.1 Å². The molecular weight excluding hydrogens is 428 g/mol. The van der Waals surface area contributed by atoms with Gasteiger partial charge in [-0.25, -0.2) is 9.67 Å². The van der Waals surface area contributed by atoms with Gasteiger partial charge in [0.05, 0.1) is 6.54 Å². The van der Waals surface area contributed by atoms with E-state index in [2.05, 4.69) is 67.3 Å². The van der Waals surface area contributed by atoms with Crippen LogP contribution in [0.1, 0.15) is 89.1 Å². The SMILES string of the molecule is CCCCCC(=O)N1CCC(c2nc3c(nnn3Cc3ccc(C(C)(C)C)cc3)c(=O)[nH]2)CC1. The Bertz CT molecular complexity index is 1180. The van der Waals surface area contributed by atoms with Crippen molar-refractivity contribution in [3.8, 4) is 0 Å². The summed E-state index contributed by atoms with van der Waals surface area (Å²) in [4.78, 5) is 34.8. The van der Waals surface area contributed by atoms with E-state index in [1.54, 1.807) is 4.68 Å². The molecule has 3 aromatic rings. The van der Waals surface area contributed by atoms with Crippen LogP contribution in [-0.2, 0) is 16.8 Å². The van der Waals surface area contributed by atoms with Gasteiger partial charge in [-0.15, -0.1) is 5.10 Å². The molecule has 1 aromatic carbocycles. The molecule has 1 fully saturated rings. The molecule has 1 N–H and O–H groups in total. The molecule has 0 bridgehead atoms. The molecule has 0 atom stereocenters. The number of piperidine rings is 1. The average molecular weight is 465 g/mol. The highest BCUT2D eigenvalue weighted by Crippen LogP contribution is 2.26. The number of nitrogens with zero attached hydrogens (tertiary/aromatic N) is 5. The number of likely N-dealkylation sites (tertiary alicyclic amines) is 1. The van der Waals surface area contributed by atoms with Crippen molar-refractivity contribution < 1.29 is 4.79 Å². The largest absolute Gasteiger partial charge is 0.343 e. The normalized spacial score (nSPS) is 15.2. The van der Waals surface area contributed by atoms with E-state index in [9.17, 15) is 9.59 Å². The topological polar surface area (TPSA) is 96.8 Å². The van der Waals surface area contributed by atoms with Crippen LogP contribution in [0.15, 0.2) is 29.1 Å². The van der Waals surface area contributed by atoms with Crippen molar-refractivity contribution in [2.24, 2.45) is 0 Å². The Morgan fingerprint density at radius 2 is 1.82 bits per heavy atom. The van der Waals surface area contributed by atoms with Gasteiger partial charge in [-0.3, -0.25) is 9.59 Å². The lowest BCUT2D eigenvalue weighted by Crippen LogP contribution is -2.38. The second-order valence-corrected chi connectivity index (χ2v) is 10.4. The highest BCUT2D eigenvalue weighted by molar-refractivity contribution is 5.76. The molecule has 1 aliphatic heterocycles. The van der Waals surface area contributed by atoms with Crippen molar-refractivity contribution in [2.75, 3.05) is 13.1 Å². The van der Waals surface area contributed by atoms with Crippen LogP contribution in [0.5, 0.6) is 0 Å². The number of aromatic amines is 1. The number of hydrogen-bond donors (Lipinski definition) is 1. The Labute approximate surface area is 200 Å². The number of hydrogen-bond acceptors (Lipinski definition) is 5. The van der Waals surface area contributed by atoms with E-state index >= 15 is 0 Å². The molecule has 3 heterocycles. The van der Waals surface area contributed by atoms with Crippen LogP contribution in [0.3, 0.4) is 0 Å². The van der Waals surface area contributed by atoms with E-state index in [0.717, 1.165) is 37.7 Å². The van der Waals surface area contributed by atoms with Crippen LogP contribution in [0, 0.1) is 0 Å². The van der Waals surface area contributed by atoms with E-state index in [1.165, 1.54) is 5.56 Å². The first-order valence-electron chi connectivity index (χ1n) is 12.5. The molecular formula is C26H36N6O2. The van der Waals surface area contributed by atoms with Crippen molar-refractivity contribution in [3.63, 3.8) is 0 Å². The lowest BCUT2D eigenvalue weighted by Gasteiger charge is -2.31. The third kappa shape index (κ3) is 5.37. The van der Waals surface area contributed by atoms with Gasteiger partial charge in [-0.2, -0.15) is 0 Å². The number of fused-ring (bicyclic) bond motifs is 1. The van der Waals surface area contributed by atoms with E-state index in [1.807, 2.05) is 4.90 Å². The Morgan fingerprint density at radius 3 is 2.47 bits per heavy atom. The summed E-state index contributed by atoms with van der Waals surface area (Å²) in [6.07, 6.45) is 5.38.